The second kappa shape index (κ2) is 5.70. The van der Waals surface area contributed by atoms with E-state index in [1.807, 2.05) is 25.7 Å². The number of carbonyl (C=O) groups excluding carboxylic acids is 1. The molecule has 0 saturated carbocycles. The molecule has 2 aliphatic rings. The summed E-state index contributed by atoms with van der Waals surface area (Å²) in [5.41, 5.74) is -0.411. The summed E-state index contributed by atoms with van der Waals surface area (Å²) in [5.74, 6) is 0. The molecule has 0 N–H and O–H groups in total. The van der Waals surface area contributed by atoms with E-state index in [0.717, 1.165) is 38.7 Å². The van der Waals surface area contributed by atoms with Crippen LogP contribution in [0.4, 0.5) is 4.79 Å². The predicted octanol–water partition coefficient (Wildman–Crippen LogP) is 3.34. The molecular formula is C15H27NO3. The third-order valence-electron chi connectivity index (χ3n) is 3.85. The summed E-state index contributed by atoms with van der Waals surface area (Å²) in [7, 11) is 0. The number of hydrogen-bond acceptors (Lipinski definition) is 3. The van der Waals surface area contributed by atoms with Gasteiger partial charge in [-0.05, 0) is 52.9 Å². The fourth-order valence-electron chi connectivity index (χ4n) is 3.16. The molecule has 2 aliphatic heterocycles. The highest BCUT2D eigenvalue weighted by molar-refractivity contribution is 5.69. The third kappa shape index (κ3) is 3.62. The highest BCUT2D eigenvalue weighted by atomic mass is 16.6. The molecule has 0 spiro atoms. The minimum atomic E-state index is -0.411. The quantitative estimate of drug-likeness (QED) is 0.788. The number of amides is 1. The number of fused-ring (bicyclic) bond motifs is 2. The molecule has 1 amide bonds. The van der Waals surface area contributed by atoms with Gasteiger partial charge in [-0.1, -0.05) is 6.92 Å². The minimum Gasteiger partial charge on any atom is -0.444 e. The highest BCUT2D eigenvalue weighted by Crippen LogP contribution is 2.37. The van der Waals surface area contributed by atoms with Crippen LogP contribution in [-0.2, 0) is 9.47 Å². The van der Waals surface area contributed by atoms with Crippen molar-refractivity contribution in [3.05, 3.63) is 0 Å². The zero-order chi connectivity index (χ0) is 14.0. The Hall–Kier alpha value is -0.770. The Morgan fingerprint density at radius 1 is 1.21 bits per heavy atom. The molecule has 2 bridgehead atoms. The summed E-state index contributed by atoms with van der Waals surface area (Å²) in [5, 5.41) is 0. The van der Waals surface area contributed by atoms with E-state index in [9.17, 15) is 4.79 Å². The standard InChI is InChI=1S/C15H27NO3/c1-5-8-18-13-9-11-6-7-12(10-13)16(11)14(17)19-15(2,3)4/h11-13H,5-10H2,1-4H3/t11-,12?,13?/m0/s1. The lowest BCUT2D eigenvalue weighted by Gasteiger charge is -2.39. The van der Waals surface area contributed by atoms with Gasteiger partial charge in [0.05, 0.1) is 6.10 Å². The number of carbonyl (C=O) groups is 1. The Balaban J connectivity index is 1.93. The van der Waals surface area contributed by atoms with Crippen LogP contribution in [-0.4, -0.2) is 41.4 Å². The number of piperidine rings is 1. The minimum absolute atomic E-state index is 0.144. The fourth-order valence-corrected chi connectivity index (χ4v) is 3.16. The molecule has 2 saturated heterocycles. The van der Waals surface area contributed by atoms with Gasteiger partial charge in [0.2, 0.25) is 0 Å². The molecule has 110 valence electrons. The maximum Gasteiger partial charge on any atom is 0.410 e. The Morgan fingerprint density at radius 3 is 2.26 bits per heavy atom. The van der Waals surface area contributed by atoms with Crippen molar-refractivity contribution in [2.24, 2.45) is 0 Å². The van der Waals surface area contributed by atoms with Crippen molar-refractivity contribution in [2.45, 2.75) is 83.6 Å². The first-order chi connectivity index (χ1) is 8.90. The van der Waals surface area contributed by atoms with Crippen LogP contribution in [0.15, 0.2) is 0 Å². The topological polar surface area (TPSA) is 38.8 Å². The molecule has 0 aromatic rings. The zero-order valence-electron chi connectivity index (χ0n) is 12.6. The molecule has 0 radical (unpaired) electrons. The smallest absolute Gasteiger partial charge is 0.410 e. The van der Waals surface area contributed by atoms with Crippen LogP contribution in [0, 0.1) is 0 Å². The number of hydrogen-bond donors (Lipinski definition) is 0. The van der Waals surface area contributed by atoms with Gasteiger partial charge >= 0.3 is 6.09 Å². The molecule has 3 atom stereocenters. The van der Waals surface area contributed by atoms with Crippen LogP contribution < -0.4 is 0 Å². The van der Waals surface area contributed by atoms with Gasteiger partial charge in [-0.3, -0.25) is 0 Å². The lowest BCUT2D eigenvalue weighted by atomic mass is 10.0. The van der Waals surface area contributed by atoms with E-state index in [0.29, 0.717) is 18.2 Å². The normalized spacial score (nSPS) is 30.5. The van der Waals surface area contributed by atoms with E-state index >= 15 is 0 Å². The van der Waals surface area contributed by atoms with Crippen LogP contribution in [0.1, 0.15) is 59.8 Å². The molecular weight excluding hydrogens is 242 g/mol. The van der Waals surface area contributed by atoms with Crippen LogP contribution in [0.3, 0.4) is 0 Å². The van der Waals surface area contributed by atoms with E-state index < -0.39 is 5.60 Å². The van der Waals surface area contributed by atoms with Gasteiger partial charge in [-0.2, -0.15) is 0 Å². The summed E-state index contributed by atoms with van der Waals surface area (Å²) >= 11 is 0. The van der Waals surface area contributed by atoms with Crippen molar-refractivity contribution in [3.8, 4) is 0 Å². The summed E-state index contributed by atoms with van der Waals surface area (Å²) in [6.45, 7) is 8.72. The van der Waals surface area contributed by atoms with Gasteiger partial charge in [0.1, 0.15) is 5.60 Å². The lowest BCUT2D eigenvalue weighted by molar-refractivity contribution is -0.0341. The summed E-state index contributed by atoms with van der Waals surface area (Å²) in [6.07, 6.45) is 5.36. The first-order valence-corrected chi connectivity index (χ1v) is 7.53. The monoisotopic (exact) mass is 269 g/mol. The molecule has 0 aliphatic carbocycles. The van der Waals surface area contributed by atoms with E-state index in [1.54, 1.807) is 0 Å². The summed E-state index contributed by atoms with van der Waals surface area (Å²) in [6, 6.07) is 0.630. The summed E-state index contributed by atoms with van der Waals surface area (Å²) < 4.78 is 11.4. The molecule has 4 heteroatoms. The Kier molecular flexibility index (Phi) is 4.39. The van der Waals surface area contributed by atoms with Crippen molar-refractivity contribution >= 4 is 6.09 Å². The molecule has 0 aromatic heterocycles. The van der Waals surface area contributed by atoms with Crippen LogP contribution in [0.5, 0.6) is 0 Å². The van der Waals surface area contributed by atoms with Gasteiger partial charge in [-0.25, -0.2) is 4.79 Å². The molecule has 2 unspecified atom stereocenters. The second-order valence-electron chi connectivity index (χ2n) is 6.74. The first kappa shape index (κ1) is 14.6. The van der Waals surface area contributed by atoms with Gasteiger partial charge in [0.15, 0.2) is 0 Å². The van der Waals surface area contributed by atoms with Gasteiger partial charge in [0.25, 0.3) is 0 Å². The molecule has 0 aromatic carbocycles. The highest BCUT2D eigenvalue weighted by Gasteiger charge is 2.45. The van der Waals surface area contributed by atoms with Crippen LogP contribution in [0.2, 0.25) is 0 Å². The van der Waals surface area contributed by atoms with Crippen molar-refractivity contribution in [1.29, 1.82) is 0 Å². The predicted molar refractivity (Wildman–Crippen MR) is 74.1 cm³/mol. The number of rotatable bonds is 3. The van der Waals surface area contributed by atoms with Crippen LogP contribution >= 0.6 is 0 Å². The van der Waals surface area contributed by atoms with E-state index in [4.69, 9.17) is 9.47 Å². The molecule has 2 rings (SSSR count). The van der Waals surface area contributed by atoms with Crippen molar-refractivity contribution in [3.63, 3.8) is 0 Å². The van der Waals surface area contributed by atoms with Gasteiger partial charge in [0, 0.05) is 18.7 Å². The third-order valence-corrected chi connectivity index (χ3v) is 3.85. The zero-order valence-corrected chi connectivity index (χ0v) is 12.6. The lowest BCUT2D eigenvalue weighted by Crippen LogP contribution is -2.50. The van der Waals surface area contributed by atoms with Gasteiger partial charge < -0.3 is 14.4 Å². The maximum absolute atomic E-state index is 12.3. The molecule has 2 heterocycles. The second-order valence-corrected chi connectivity index (χ2v) is 6.74. The first-order valence-electron chi connectivity index (χ1n) is 7.53. The van der Waals surface area contributed by atoms with Crippen LogP contribution in [0.25, 0.3) is 0 Å². The Bertz CT molecular complexity index is 310. The fraction of sp³-hybridized carbons (Fsp3) is 0.933. The van der Waals surface area contributed by atoms with Gasteiger partial charge in [-0.15, -0.1) is 0 Å². The number of nitrogens with zero attached hydrogens (tertiary/aromatic N) is 1. The maximum atomic E-state index is 12.3. The molecule has 4 nitrogen and oxygen atoms in total. The van der Waals surface area contributed by atoms with Crippen molar-refractivity contribution < 1.29 is 14.3 Å². The van der Waals surface area contributed by atoms with Crippen molar-refractivity contribution in [1.82, 2.24) is 4.90 Å². The molecule has 2 fully saturated rings. The SMILES string of the molecule is CCCOC1CC2CC[C@@H](C1)N2C(=O)OC(C)(C)C. The Morgan fingerprint density at radius 2 is 1.79 bits per heavy atom. The summed E-state index contributed by atoms with van der Waals surface area (Å²) in [4.78, 5) is 14.2. The average molecular weight is 269 g/mol. The molecule has 19 heavy (non-hydrogen) atoms. The number of ether oxygens (including phenoxy) is 2. The van der Waals surface area contributed by atoms with E-state index in [-0.39, 0.29) is 6.09 Å². The largest absolute Gasteiger partial charge is 0.444 e. The van der Waals surface area contributed by atoms with E-state index in [2.05, 4.69) is 6.92 Å². The van der Waals surface area contributed by atoms with Crippen molar-refractivity contribution in [2.75, 3.05) is 6.61 Å². The Labute approximate surface area is 116 Å². The van der Waals surface area contributed by atoms with E-state index in [1.165, 1.54) is 0 Å². The average Bonchev–Trinajstić information content (AvgIpc) is 2.56.